The van der Waals surface area contributed by atoms with Gasteiger partial charge < -0.3 is 20.1 Å². The van der Waals surface area contributed by atoms with E-state index in [4.69, 9.17) is 9.47 Å². The molecular weight excluding hydrogens is 328 g/mol. The number of aryl methyl sites for hydroxylation is 1. The van der Waals surface area contributed by atoms with Crippen LogP contribution in [0.1, 0.15) is 5.56 Å². The first-order valence-corrected chi connectivity index (χ1v) is 7.69. The van der Waals surface area contributed by atoms with Gasteiger partial charge in [0.2, 0.25) is 0 Å². The zero-order valence-electron chi connectivity index (χ0n) is 13.5. The molecule has 1 unspecified atom stereocenters. The molecule has 0 bridgehead atoms. The number of carbonyl (C=O) groups is 1. The molecule has 1 atom stereocenters. The van der Waals surface area contributed by atoms with Crippen LogP contribution in [0.2, 0.25) is 0 Å². The van der Waals surface area contributed by atoms with Gasteiger partial charge in [-0.15, -0.1) is 12.4 Å². The Hall–Kier alpha value is -2.08. The zero-order chi connectivity index (χ0) is 16.1. The van der Waals surface area contributed by atoms with Crippen molar-refractivity contribution in [1.82, 2.24) is 5.32 Å². The van der Waals surface area contributed by atoms with Crippen molar-refractivity contribution in [3.63, 3.8) is 0 Å². The topological polar surface area (TPSA) is 59.6 Å². The van der Waals surface area contributed by atoms with E-state index in [1.54, 1.807) is 0 Å². The fourth-order valence-electron chi connectivity index (χ4n) is 2.34. The molecule has 1 heterocycles. The summed E-state index contributed by atoms with van der Waals surface area (Å²) in [5.74, 6) is 1.17. The third kappa shape index (κ3) is 4.71. The molecule has 2 aromatic rings. The van der Waals surface area contributed by atoms with Gasteiger partial charge in [0.1, 0.15) is 11.9 Å². The summed E-state index contributed by atoms with van der Waals surface area (Å²) in [6.45, 7) is 3.86. The summed E-state index contributed by atoms with van der Waals surface area (Å²) in [5.41, 5.74) is 1.80. The summed E-state index contributed by atoms with van der Waals surface area (Å²) in [5, 5.41) is 6.03. The molecule has 0 aliphatic carbocycles. The molecule has 0 aromatic heterocycles. The highest BCUT2D eigenvalue weighted by Gasteiger charge is 2.22. The normalized spacial score (nSPS) is 16.8. The van der Waals surface area contributed by atoms with E-state index in [2.05, 4.69) is 10.6 Å². The van der Waals surface area contributed by atoms with Gasteiger partial charge in [0.15, 0.2) is 5.75 Å². The summed E-state index contributed by atoms with van der Waals surface area (Å²) in [6.07, 6.45) is -0.476. The van der Waals surface area contributed by atoms with Crippen molar-refractivity contribution in [2.45, 2.75) is 13.0 Å². The van der Waals surface area contributed by atoms with Gasteiger partial charge in [-0.3, -0.25) is 4.79 Å². The Kier molecular flexibility index (Phi) is 6.61. The number of amides is 1. The van der Waals surface area contributed by atoms with E-state index in [-0.39, 0.29) is 18.3 Å². The number of benzene rings is 2. The van der Waals surface area contributed by atoms with Crippen LogP contribution in [0.15, 0.2) is 48.5 Å². The number of nitrogens with one attached hydrogen (secondary N) is 2. The molecule has 1 aliphatic rings. The number of morpholine rings is 1. The first kappa shape index (κ1) is 18.3. The van der Waals surface area contributed by atoms with Crippen molar-refractivity contribution in [3.05, 3.63) is 54.1 Å². The molecule has 3 rings (SSSR count). The van der Waals surface area contributed by atoms with E-state index >= 15 is 0 Å². The molecular formula is C18H21ClN2O3. The van der Waals surface area contributed by atoms with Crippen LogP contribution in [-0.4, -0.2) is 31.7 Å². The fourth-order valence-corrected chi connectivity index (χ4v) is 2.34. The van der Waals surface area contributed by atoms with Crippen LogP contribution in [0.5, 0.6) is 11.5 Å². The van der Waals surface area contributed by atoms with Gasteiger partial charge in [0.25, 0.3) is 5.91 Å². The molecule has 6 heteroatoms. The van der Waals surface area contributed by atoms with E-state index in [1.807, 2.05) is 55.5 Å². The number of rotatable bonds is 4. The molecule has 2 aromatic carbocycles. The lowest BCUT2D eigenvalue weighted by molar-refractivity contribution is -0.128. The van der Waals surface area contributed by atoms with Gasteiger partial charge in [-0.1, -0.05) is 29.8 Å². The molecule has 5 nitrogen and oxygen atoms in total. The van der Waals surface area contributed by atoms with Crippen LogP contribution < -0.4 is 15.4 Å². The molecule has 128 valence electrons. The van der Waals surface area contributed by atoms with Crippen LogP contribution >= 0.6 is 12.4 Å². The quantitative estimate of drug-likeness (QED) is 0.891. The molecule has 1 saturated heterocycles. The number of ether oxygens (including phenoxy) is 2. The Balaban J connectivity index is 0.00000208. The maximum absolute atomic E-state index is 12.3. The average Bonchev–Trinajstić information content (AvgIpc) is 2.59. The molecule has 1 aliphatic heterocycles. The third-order valence-electron chi connectivity index (χ3n) is 3.61. The Bertz CT molecular complexity index is 670. The minimum absolute atomic E-state index is 0. The Labute approximate surface area is 147 Å². The second-order valence-electron chi connectivity index (χ2n) is 5.46. The molecule has 0 radical (unpaired) electrons. The summed E-state index contributed by atoms with van der Waals surface area (Å²) < 4.78 is 11.3. The van der Waals surface area contributed by atoms with Crippen LogP contribution in [-0.2, 0) is 9.53 Å². The predicted molar refractivity (Wildman–Crippen MR) is 96.2 cm³/mol. The van der Waals surface area contributed by atoms with E-state index in [9.17, 15) is 4.79 Å². The highest BCUT2D eigenvalue weighted by molar-refractivity contribution is 5.95. The van der Waals surface area contributed by atoms with Gasteiger partial charge in [0, 0.05) is 13.1 Å². The van der Waals surface area contributed by atoms with Crippen LogP contribution in [0.4, 0.5) is 5.69 Å². The summed E-state index contributed by atoms with van der Waals surface area (Å²) in [6, 6.07) is 15.2. The zero-order valence-corrected chi connectivity index (χ0v) is 14.3. The van der Waals surface area contributed by atoms with Gasteiger partial charge >= 0.3 is 0 Å². The Morgan fingerprint density at radius 3 is 2.67 bits per heavy atom. The maximum Gasteiger partial charge on any atom is 0.254 e. The first-order chi connectivity index (χ1) is 11.2. The van der Waals surface area contributed by atoms with Crippen molar-refractivity contribution >= 4 is 24.0 Å². The third-order valence-corrected chi connectivity index (χ3v) is 3.61. The average molecular weight is 349 g/mol. The number of anilines is 1. The first-order valence-electron chi connectivity index (χ1n) is 7.69. The summed E-state index contributed by atoms with van der Waals surface area (Å²) in [4.78, 5) is 12.3. The van der Waals surface area contributed by atoms with Gasteiger partial charge in [0.05, 0.1) is 12.3 Å². The molecule has 0 spiro atoms. The van der Waals surface area contributed by atoms with Crippen molar-refractivity contribution in [2.24, 2.45) is 0 Å². The number of hydrogen-bond donors (Lipinski definition) is 2. The van der Waals surface area contributed by atoms with Crippen molar-refractivity contribution in [2.75, 3.05) is 25.0 Å². The lowest BCUT2D eigenvalue weighted by Crippen LogP contribution is -2.45. The predicted octanol–water partition coefficient (Wildman–Crippen LogP) is 3.14. The van der Waals surface area contributed by atoms with Crippen LogP contribution in [0, 0.1) is 6.92 Å². The minimum Gasteiger partial charge on any atom is -0.455 e. The van der Waals surface area contributed by atoms with E-state index in [1.165, 1.54) is 5.56 Å². The number of para-hydroxylation sites is 2. The highest BCUT2D eigenvalue weighted by Crippen LogP contribution is 2.29. The van der Waals surface area contributed by atoms with E-state index < -0.39 is 6.10 Å². The second-order valence-corrected chi connectivity index (χ2v) is 5.46. The van der Waals surface area contributed by atoms with Gasteiger partial charge in [-0.05, 0) is 31.2 Å². The highest BCUT2D eigenvalue weighted by atomic mass is 35.5. The van der Waals surface area contributed by atoms with Crippen LogP contribution in [0.25, 0.3) is 0 Å². The molecule has 1 fully saturated rings. The largest absolute Gasteiger partial charge is 0.455 e. The lowest BCUT2D eigenvalue weighted by Gasteiger charge is -2.23. The fraction of sp³-hybridized carbons (Fsp3) is 0.278. The molecule has 1 amide bonds. The smallest absolute Gasteiger partial charge is 0.254 e. The minimum atomic E-state index is -0.476. The molecule has 0 saturated carbocycles. The number of carbonyl (C=O) groups excluding carboxylic acids is 1. The number of hydrogen-bond acceptors (Lipinski definition) is 4. The van der Waals surface area contributed by atoms with Crippen LogP contribution in [0.3, 0.4) is 0 Å². The Morgan fingerprint density at radius 2 is 1.96 bits per heavy atom. The Morgan fingerprint density at radius 1 is 1.21 bits per heavy atom. The summed E-state index contributed by atoms with van der Waals surface area (Å²) >= 11 is 0. The second kappa shape index (κ2) is 8.68. The molecule has 24 heavy (non-hydrogen) atoms. The van der Waals surface area contributed by atoms with Gasteiger partial charge in [-0.2, -0.15) is 0 Å². The summed E-state index contributed by atoms with van der Waals surface area (Å²) in [7, 11) is 0. The SMILES string of the molecule is Cc1ccc(Oc2ccccc2NC(=O)C2CNCCO2)cc1.Cl. The number of halogens is 1. The molecule has 2 N–H and O–H groups in total. The van der Waals surface area contributed by atoms with E-state index in [0.717, 1.165) is 12.3 Å². The maximum atomic E-state index is 12.3. The van der Waals surface area contributed by atoms with Crippen molar-refractivity contribution in [1.29, 1.82) is 0 Å². The lowest BCUT2D eigenvalue weighted by atomic mass is 10.2. The monoisotopic (exact) mass is 348 g/mol. The van der Waals surface area contributed by atoms with Crippen molar-refractivity contribution in [3.8, 4) is 11.5 Å². The van der Waals surface area contributed by atoms with Crippen molar-refractivity contribution < 1.29 is 14.3 Å². The standard InChI is InChI=1S/C18H20N2O3.ClH/c1-13-6-8-14(9-7-13)23-16-5-3-2-4-15(16)20-18(21)17-12-19-10-11-22-17;/h2-9,17,19H,10-12H2,1H3,(H,20,21);1H. The van der Waals surface area contributed by atoms with Gasteiger partial charge in [-0.25, -0.2) is 0 Å². The van der Waals surface area contributed by atoms with E-state index in [0.29, 0.717) is 24.6 Å².